The molecule has 160 valence electrons. The molecule has 31 heavy (non-hydrogen) atoms. The van der Waals surface area contributed by atoms with Crippen LogP contribution in [0.5, 0.6) is 11.5 Å². The monoisotopic (exact) mass is 424 g/mol. The van der Waals surface area contributed by atoms with E-state index in [1.54, 1.807) is 28.8 Å². The zero-order valence-corrected chi connectivity index (χ0v) is 17.1. The molecule has 3 heterocycles. The van der Waals surface area contributed by atoms with E-state index in [0.717, 1.165) is 13.1 Å². The standard InChI is InChI=1S/C22H21FN4O4/c1-24-17-15-18-21(19(16(17)23)26-9-7-25(2)8-10-26)31-14-6-4-3-5-13(14)27(18)11-12(20(15)28)22(29)30/h3-6,11,24H,7-10H2,1-2H3,(H,29,30). The summed E-state index contributed by atoms with van der Waals surface area (Å²) in [6.07, 6.45) is 1.29. The van der Waals surface area contributed by atoms with Crippen LogP contribution in [0.1, 0.15) is 10.4 Å². The zero-order chi connectivity index (χ0) is 21.9. The number of aromatic carboxylic acids is 1. The van der Waals surface area contributed by atoms with Crippen LogP contribution in [0.25, 0.3) is 16.6 Å². The van der Waals surface area contributed by atoms with Crippen molar-refractivity contribution in [2.24, 2.45) is 0 Å². The maximum atomic E-state index is 15.9. The minimum atomic E-state index is -1.37. The number of nitrogens with one attached hydrogen (secondary N) is 1. The predicted molar refractivity (Wildman–Crippen MR) is 116 cm³/mol. The fraction of sp³-hybridized carbons (Fsp3) is 0.273. The van der Waals surface area contributed by atoms with Gasteiger partial charge in [0.2, 0.25) is 5.43 Å². The number of likely N-dealkylation sites (N-methyl/N-ethyl adjacent to an activating group) is 1. The number of hydrogen-bond donors (Lipinski definition) is 2. The third-order valence-corrected chi connectivity index (χ3v) is 5.95. The number of carboxylic acids is 1. The van der Waals surface area contributed by atoms with Crippen LogP contribution >= 0.6 is 0 Å². The summed E-state index contributed by atoms with van der Waals surface area (Å²) in [5, 5.41) is 12.4. The normalized spacial score (nSPS) is 15.5. The number of benzene rings is 2. The van der Waals surface area contributed by atoms with Gasteiger partial charge in [-0.15, -0.1) is 0 Å². The molecular formula is C22H21FN4O4. The number of para-hydroxylation sites is 2. The number of hydrogen-bond acceptors (Lipinski definition) is 6. The smallest absolute Gasteiger partial charge is 0.341 e. The van der Waals surface area contributed by atoms with Crippen molar-refractivity contribution in [2.75, 3.05) is 50.5 Å². The van der Waals surface area contributed by atoms with Crippen LogP contribution in [0.4, 0.5) is 15.8 Å². The number of nitrogens with zero attached hydrogens (tertiary/aromatic N) is 3. The van der Waals surface area contributed by atoms with E-state index in [9.17, 15) is 14.7 Å². The van der Waals surface area contributed by atoms with E-state index in [0.29, 0.717) is 30.0 Å². The number of pyridine rings is 1. The highest BCUT2D eigenvalue weighted by atomic mass is 19.1. The van der Waals surface area contributed by atoms with Gasteiger partial charge in [-0.25, -0.2) is 9.18 Å². The summed E-state index contributed by atoms with van der Waals surface area (Å²) in [6, 6.07) is 7.09. The van der Waals surface area contributed by atoms with E-state index in [1.165, 1.54) is 13.2 Å². The molecule has 0 saturated carbocycles. The molecule has 0 unspecified atom stereocenters. The van der Waals surface area contributed by atoms with Crippen molar-refractivity contribution >= 4 is 28.2 Å². The molecule has 2 N–H and O–H groups in total. The number of ether oxygens (including phenoxy) is 1. The van der Waals surface area contributed by atoms with Crippen molar-refractivity contribution in [2.45, 2.75) is 0 Å². The SMILES string of the molecule is CNc1c(F)c(N2CCN(C)CC2)c2c3c1c(=O)c(C(=O)O)cn3-c1ccccc1O2. The Kier molecular flexibility index (Phi) is 4.37. The van der Waals surface area contributed by atoms with Gasteiger partial charge in [-0.1, -0.05) is 12.1 Å². The maximum Gasteiger partial charge on any atom is 0.341 e. The molecule has 5 rings (SSSR count). The summed E-state index contributed by atoms with van der Waals surface area (Å²) in [6.45, 7) is 2.70. The first-order chi connectivity index (χ1) is 14.9. The number of carboxylic acid groups (broad SMARTS) is 1. The molecule has 0 spiro atoms. The quantitative estimate of drug-likeness (QED) is 0.523. The highest BCUT2D eigenvalue weighted by Gasteiger charge is 2.33. The van der Waals surface area contributed by atoms with E-state index < -0.39 is 22.8 Å². The van der Waals surface area contributed by atoms with Gasteiger partial charge in [0.25, 0.3) is 0 Å². The second-order valence-electron chi connectivity index (χ2n) is 7.75. The van der Waals surface area contributed by atoms with Gasteiger partial charge >= 0.3 is 5.97 Å². The van der Waals surface area contributed by atoms with Crippen LogP contribution < -0.4 is 20.4 Å². The van der Waals surface area contributed by atoms with Crippen molar-refractivity contribution < 1.29 is 19.0 Å². The Morgan fingerprint density at radius 1 is 1.19 bits per heavy atom. The van der Waals surface area contributed by atoms with E-state index in [4.69, 9.17) is 4.74 Å². The molecule has 1 aromatic heterocycles. The van der Waals surface area contributed by atoms with E-state index in [-0.39, 0.29) is 22.5 Å². The maximum absolute atomic E-state index is 15.9. The lowest BCUT2D eigenvalue weighted by Gasteiger charge is -2.36. The molecular weight excluding hydrogens is 403 g/mol. The van der Waals surface area contributed by atoms with Crippen LogP contribution in [0.15, 0.2) is 35.3 Å². The second kappa shape index (κ2) is 6.98. The van der Waals surface area contributed by atoms with Gasteiger partial charge in [0.15, 0.2) is 17.3 Å². The van der Waals surface area contributed by atoms with E-state index in [2.05, 4.69) is 10.2 Å². The number of piperazine rings is 1. The minimum Gasteiger partial charge on any atom is -0.477 e. The van der Waals surface area contributed by atoms with Crippen molar-refractivity contribution in [1.29, 1.82) is 0 Å². The number of aromatic nitrogens is 1. The Labute approximate surface area is 177 Å². The van der Waals surface area contributed by atoms with Gasteiger partial charge in [-0.2, -0.15) is 0 Å². The zero-order valence-electron chi connectivity index (χ0n) is 17.1. The lowest BCUT2D eigenvalue weighted by molar-refractivity contribution is 0.0695. The third-order valence-electron chi connectivity index (χ3n) is 5.95. The molecule has 3 aromatic rings. The fourth-order valence-corrected chi connectivity index (χ4v) is 4.35. The van der Waals surface area contributed by atoms with Crippen molar-refractivity contribution in [3.8, 4) is 17.2 Å². The van der Waals surface area contributed by atoms with Gasteiger partial charge < -0.3 is 29.5 Å². The molecule has 2 aliphatic heterocycles. The summed E-state index contributed by atoms with van der Waals surface area (Å²) < 4.78 is 23.7. The van der Waals surface area contributed by atoms with Gasteiger partial charge in [0.05, 0.1) is 16.8 Å². The van der Waals surface area contributed by atoms with Crippen LogP contribution in [0.3, 0.4) is 0 Å². The predicted octanol–water partition coefficient (Wildman–Crippen LogP) is 2.73. The molecule has 2 aromatic carbocycles. The van der Waals surface area contributed by atoms with Gasteiger partial charge in [-0.3, -0.25) is 4.79 Å². The Balaban J connectivity index is 1.93. The fourth-order valence-electron chi connectivity index (χ4n) is 4.35. The lowest BCUT2D eigenvalue weighted by atomic mass is 10.0. The topological polar surface area (TPSA) is 87.0 Å². The number of fused-ring (bicyclic) bond motifs is 2. The highest BCUT2D eigenvalue weighted by molar-refractivity contribution is 6.05. The van der Waals surface area contributed by atoms with Crippen molar-refractivity contribution in [3.63, 3.8) is 0 Å². The summed E-state index contributed by atoms with van der Waals surface area (Å²) in [7, 11) is 3.53. The van der Waals surface area contributed by atoms with Crippen molar-refractivity contribution in [3.05, 3.63) is 52.1 Å². The first kappa shape index (κ1) is 19.4. The molecule has 9 heteroatoms. The second-order valence-corrected chi connectivity index (χ2v) is 7.75. The molecule has 0 amide bonds. The summed E-state index contributed by atoms with van der Waals surface area (Å²) in [4.78, 5) is 29.0. The van der Waals surface area contributed by atoms with E-state index in [1.807, 2.05) is 11.9 Å². The van der Waals surface area contributed by atoms with Crippen LogP contribution in [-0.2, 0) is 0 Å². The Hall–Kier alpha value is -3.59. The first-order valence-corrected chi connectivity index (χ1v) is 9.99. The largest absolute Gasteiger partial charge is 0.477 e. The molecule has 0 radical (unpaired) electrons. The first-order valence-electron chi connectivity index (χ1n) is 9.99. The van der Waals surface area contributed by atoms with Crippen LogP contribution in [0.2, 0.25) is 0 Å². The van der Waals surface area contributed by atoms with Gasteiger partial charge in [-0.05, 0) is 19.2 Å². The van der Waals surface area contributed by atoms with E-state index >= 15 is 4.39 Å². The lowest BCUT2D eigenvalue weighted by Crippen LogP contribution is -2.45. The highest BCUT2D eigenvalue weighted by Crippen LogP contribution is 2.49. The average molecular weight is 424 g/mol. The number of rotatable bonds is 3. The molecule has 8 nitrogen and oxygen atoms in total. The summed E-state index contributed by atoms with van der Waals surface area (Å²) in [5.41, 5.74) is -0.00314. The Morgan fingerprint density at radius 2 is 1.90 bits per heavy atom. The molecule has 2 aliphatic rings. The number of carbonyl (C=O) groups is 1. The summed E-state index contributed by atoms with van der Waals surface area (Å²) >= 11 is 0. The average Bonchev–Trinajstić information content (AvgIpc) is 2.76. The third kappa shape index (κ3) is 2.77. The van der Waals surface area contributed by atoms with Gasteiger partial charge in [0.1, 0.15) is 16.8 Å². The number of halogens is 1. The Bertz CT molecular complexity index is 1300. The minimum absolute atomic E-state index is 0.0301. The molecule has 0 bridgehead atoms. The van der Waals surface area contributed by atoms with Crippen LogP contribution in [0, 0.1) is 5.82 Å². The van der Waals surface area contributed by atoms with Gasteiger partial charge in [0, 0.05) is 39.4 Å². The summed E-state index contributed by atoms with van der Waals surface area (Å²) in [5.74, 6) is -1.31. The molecule has 0 aliphatic carbocycles. The number of anilines is 2. The van der Waals surface area contributed by atoms with Crippen LogP contribution in [-0.4, -0.2) is 60.8 Å². The molecule has 1 fully saturated rings. The Morgan fingerprint density at radius 3 is 2.58 bits per heavy atom. The molecule has 1 saturated heterocycles. The van der Waals surface area contributed by atoms with Crippen molar-refractivity contribution in [1.82, 2.24) is 9.47 Å². The molecule has 0 atom stereocenters.